The monoisotopic (exact) mass is 293 g/mol. The van der Waals surface area contributed by atoms with Crippen LogP contribution in [-0.2, 0) is 4.74 Å². The fraction of sp³-hybridized carbons (Fsp3) is 0.600. The Balaban J connectivity index is 1.51. The van der Waals surface area contributed by atoms with Gasteiger partial charge in [0.25, 0.3) is 0 Å². The van der Waals surface area contributed by atoms with E-state index in [2.05, 4.69) is 9.88 Å². The van der Waals surface area contributed by atoms with Gasteiger partial charge >= 0.3 is 6.09 Å². The predicted molar refractivity (Wildman–Crippen MR) is 76.6 cm³/mol. The van der Waals surface area contributed by atoms with Crippen molar-refractivity contribution in [3.05, 3.63) is 24.3 Å². The molecule has 1 spiro atoms. The summed E-state index contributed by atoms with van der Waals surface area (Å²) in [6.07, 6.45) is 2.62. The van der Waals surface area contributed by atoms with Crippen molar-refractivity contribution in [3.8, 4) is 0 Å². The zero-order valence-electron chi connectivity index (χ0n) is 12.6. The molecule has 5 nitrogen and oxygen atoms in total. The number of amides is 1. The Morgan fingerprint density at radius 3 is 2.52 bits per heavy atom. The minimum Gasteiger partial charge on any atom is -0.444 e. The number of nitrogens with zero attached hydrogens (tertiary/aromatic N) is 3. The molecule has 0 saturated carbocycles. The molecule has 3 rings (SSSR count). The first-order valence-corrected chi connectivity index (χ1v) is 7.10. The Kier molecular flexibility index (Phi) is 3.07. The van der Waals surface area contributed by atoms with Gasteiger partial charge in [-0.1, -0.05) is 0 Å². The molecule has 1 aromatic heterocycles. The molecule has 2 aliphatic heterocycles. The lowest BCUT2D eigenvalue weighted by molar-refractivity contribution is -0.0453. The van der Waals surface area contributed by atoms with Crippen LogP contribution in [0.4, 0.5) is 14.9 Å². The lowest BCUT2D eigenvalue weighted by Gasteiger charge is -2.60. The van der Waals surface area contributed by atoms with Crippen LogP contribution in [0.15, 0.2) is 18.5 Å². The second-order valence-corrected chi connectivity index (χ2v) is 7.05. The van der Waals surface area contributed by atoms with Crippen molar-refractivity contribution in [1.82, 2.24) is 9.88 Å². The van der Waals surface area contributed by atoms with Crippen molar-refractivity contribution >= 4 is 11.8 Å². The third-order valence-electron chi connectivity index (χ3n) is 3.81. The van der Waals surface area contributed by atoms with E-state index in [0.717, 1.165) is 18.8 Å². The average Bonchev–Trinajstić information content (AvgIpc) is 2.22. The van der Waals surface area contributed by atoms with Crippen LogP contribution in [0.5, 0.6) is 0 Å². The normalized spacial score (nSPS) is 20.0. The molecular formula is C15H20FN3O2. The van der Waals surface area contributed by atoms with Crippen molar-refractivity contribution in [2.75, 3.05) is 31.1 Å². The van der Waals surface area contributed by atoms with Crippen molar-refractivity contribution in [3.63, 3.8) is 0 Å². The topological polar surface area (TPSA) is 45.7 Å². The first-order chi connectivity index (χ1) is 9.76. The molecule has 0 aromatic carbocycles. The molecule has 114 valence electrons. The molecule has 0 bridgehead atoms. The molecule has 0 aliphatic carbocycles. The van der Waals surface area contributed by atoms with Crippen molar-refractivity contribution < 1.29 is 13.9 Å². The third-order valence-corrected chi connectivity index (χ3v) is 3.81. The maximum Gasteiger partial charge on any atom is 0.410 e. The number of likely N-dealkylation sites (tertiary alicyclic amines) is 1. The largest absolute Gasteiger partial charge is 0.444 e. The molecule has 0 atom stereocenters. The first-order valence-electron chi connectivity index (χ1n) is 7.10. The van der Waals surface area contributed by atoms with E-state index < -0.39 is 5.60 Å². The minimum atomic E-state index is -0.460. The number of carbonyl (C=O) groups excluding carboxylic acids is 1. The van der Waals surface area contributed by atoms with Gasteiger partial charge in [-0.25, -0.2) is 9.18 Å². The molecule has 0 N–H and O–H groups in total. The highest BCUT2D eigenvalue weighted by molar-refractivity contribution is 5.70. The van der Waals surface area contributed by atoms with E-state index in [-0.39, 0.29) is 17.3 Å². The zero-order chi connectivity index (χ0) is 15.3. The van der Waals surface area contributed by atoms with Gasteiger partial charge in [-0.15, -0.1) is 0 Å². The van der Waals surface area contributed by atoms with Gasteiger partial charge in [0, 0.05) is 37.7 Å². The Morgan fingerprint density at radius 2 is 1.95 bits per heavy atom. The molecule has 2 saturated heterocycles. The van der Waals surface area contributed by atoms with Gasteiger partial charge in [0.15, 0.2) is 0 Å². The summed E-state index contributed by atoms with van der Waals surface area (Å²) in [6, 6.07) is 1.49. The van der Waals surface area contributed by atoms with E-state index in [1.54, 1.807) is 11.1 Å². The predicted octanol–water partition coefficient (Wildman–Crippen LogP) is 2.28. The molecule has 0 unspecified atom stereocenters. The van der Waals surface area contributed by atoms with Gasteiger partial charge in [0.05, 0.1) is 18.1 Å². The van der Waals surface area contributed by atoms with Crippen LogP contribution in [0.2, 0.25) is 0 Å². The number of aromatic nitrogens is 1. The number of carbonyl (C=O) groups is 1. The van der Waals surface area contributed by atoms with Gasteiger partial charge in [0.1, 0.15) is 11.4 Å². The quantitative estimate of drug-likeness (QED) is 0.797. The Hall–Kier alpha value is -1.85. The van der Waals surface area contributed by atoms with Gasteiger partial charge in [-0.3, -0.25) is 4.98 Å². The van der Waals surface area contributed by atoms with E-state index in [9.17, 15) is 9.18 Å². The summed E-state index contributed by atoms with van der Waals surface area (Å²) in [6.45, 7) is 8.67. The van der Waals surface area contributed by atoms with Crippen molar-refractivity contribution in [2.24, 2.45) is 5.41 Å². The second-order valence-electron chi connectivity index (χ2n) is 7.05. The summed E-state index contributed by atoms with van der Waals surface area (Å²) in [7, 11) is 0. The van der Waals surface area contributed by atoms with Crippen LogP contribution in [0.3, 0.4) is 0 Å². The van der Waals surface area contributed by atoms with E-state index in [1.807, 2.05) is 20.8 Å². The standard InChI is InChI=1S/C15H20FN3O2/c1-14(2,3)21-13(20)19-9-15(10-19)7-18(8-15)12-4-11(16)5-17-6-12/h4-6H,7-10H2,1-3H3. The smallest absolute Gasteiger partial charge is 0.410 e. The molecule has 6 heteroatoms. The van der Waals surface area contributed by atoms with Crippen LogP contribution in [0.1, 0.15) is 20.8 Å². The summed E-state index contributed by atoms with van der Waals surface area (Å²) < 4.78 is 18.5. The van der Waals surface area contributed by atoms with Crippen LogP contribution in [-0.4, -0.2) is 47.8 Å². The lowest BCUT2D eigenvalue weighted by Crippen LogP contribution is -2.73. The first kappa shape index (κ1) is 14.1. The third kappa shape index (κ3) is 2.80. The average molecular weight is 293 g/mol. The minimum absolute atomic E-state index is 0.142. The van der Waals surface area contributed by atoms with Gasteiger partial charge in [-0.2, -0.15) is 0 Å². The van der Waals surface area contributed by atoms with E-state index >= 15 is 0 Å². The number of anilines is 1. The molecular weight excluding hydrogens is 273 g/mol. The van der Waals surface area contributed by atoms with Crippen LogP contribution in [0.25, 0.3) is 0 Å². The summed E-state index contributed by atoms with van der Waals surface area (Å²) in [5.41, 5.74) is 0.485. The highest BCUT2D eigenvalue weighted by Crippen LogP contribution is 2.42. The van der Waals surface area contributed by atoms with Crippen LogP contribution >= 0.6 is 0 Å². The molecule has 1 amide bonds. The summed E-state index contributed by atoms with van der Waals surface area (Å²) in [4.78, 5) is 19.6. The number of ether oxygens (including phenoxy) is 1. The molecule has 3 heterocycles. The van der Waals surface area contributed by atoms with Crippen molar-refractivity contribution in [2.45, 2.75) is 26.4 Å². The van der Waals surface area contributed by atoms with Crippen molar-refractivity contribution in [1.29, 1.82) is 0 Å². The maximum absolute atomic E-state index is 13.1. The molecule has 1 aromatic rings. The Morgan fingerprint density at radius 1 is 1.29 bits per heavy atom. The summed E-state index contributed by atoms with van der Waals surface area (Å²) in [5.74, 6) is -0.322. The van der Waals surface area contributed by atoms with E-state index in [0.29, 0.717) is 13.1 Å². The molecule has 2 fully saturated rings. The lowest BCUT2D eigenvalue weighted by atomic mass is 9.73. The fourth-order valence-corrected chi connectivity index (χ4v) is 2.94. The second kappa shape index (κ2) is 4.58. The zero-order valence-corrected chi connectivity index (χ0v) is 12.6. The van der Waals surface area contributed by atoms with E-state index in [1.165, 1.54) is 12.3 Å². The summed E-state index contributed by atoms with van der Waals surface area (Å²) in [5, 5.41) is 0. The van der Waals surface area contributed by atoms with Crippen LogP contribution in [0, 0.1) is 11.2 Å². The maximum atomic E-state index is 13.1. The Labute approximate surface area is 123 Å². The van der Waals surface area contributed by atoms with Gasteiger partial charge in [0.2, 0.25) is 0 Å². The number of rotatable bonds is 1. The molecule has 0 radical (unpaired) electrons. The number of hydrogen-bond acceptors (Lipinski definition) is 4. The van der Waals surface area contributed by atoms with E-state index in [4.69, 9.17) is 4.74 Å². The molecule has 21 heavy (non-hydrogen) atoms. The Bertz CT molecular complexity index is 556. The van der Waals surface area contributed by atoms with Gasteiger partial charge in [-0.05, 0) is 20.8 Å². The van der Waals surface area contributed by atoms with Gasteiger partial charge < -0.3 is 14.5 Å². The number of hydrogen-bond donors (Lipinski definition) is 0. The van der Waals surface area contributed by atoms with Crippen LogP contribution < -0.4 is 4.90 Å². The highest BCUT2D eigenvalue weighted by atomic mass is 19.1. The number of pyridine rings is 1. The highest BCUT2D eigenvalue weighted by Gasteiger charge is 2.54. The number of halogens is 1. The summed E-state index contributed by atoms with van der Waals surface area (Å²) >= 11 is 0. The molecule has 2 aliphatic rings. The fourth-order valence-electron chi connectivity index (χ4n) is 2.94. The SMILES string of the molecule is CC(C)(C)OC(=O)N1CC2(C1)CN(c1cncc(F)c1)C2.